The lowest BCUT2D eigenvalue weighted by Crippen LogP contribution is -2.46. The Morgan fingerprint density at radius 2 is 2.07 bits per heavy atom. The molecule has 0 aliphatic carbocycles. The topological polar surface area (TPSA) is 32.3 Å². The lowest BCUT2D eigenvalue weighted by atomic mass is 10.2. The molecule has 1 aliphatic heterocycles. The molecular weight excluding hydrogens is 202 g/mol. The second kappa shape index (κ2) is 3.84. The molecular formula is C10H10F2N2O. The Bertz CT molecular complexity index is 395. The summed E-state index contributed by atoms with van der Waals surface area (Å²) in [5.74, 6) is -1.85. The Morgan fingerprint density at radius 3 is 2.73 bits per heavy atom. The summed E-state index contributed by atoms with van der Waals surface area (Å²) >= 11 is 0. The molecule has 2 rings (SSSR count). The average molecular weight is 212 g/mol. The van der Waals surface area contributed by atoms with Crippen molar-refractivity contribution >= 4 is 11.7 Å². The van der Waals surface area contributed by atoms with E-state index in [1.165, 1.54) is 11.0 Å². The summed E-state index contributed by atoms with van der Waals surface area (Å²) in [6, 6.07) is 3.17. The van der Waals surface area contributed by atoms with Gasteiger partial charge in [0.25, 0.3) is 0 Å². The molecule has 1 saturated heterocycles. The summed E-state index contributed by atoms with van der Waals surface area (Å²) in [6.07, 6.45) is 0.796. The largest absolute Gasteiger partial charge is 0.338 e. The fraction of sp³-hybridized carbons (Fsp3) is 0.300. The Kier molecular flexibility index (Phi) is 2.53. The van der Waals surface area contributed by atoms with E-state index in [1.54, 1.807) is 0 Å². The first-order valence-corrected chi connectivity index (χ1v) is 4.69. The third kappa shape index (κ3) is 1.91. The molecule has 5 heteroatoms. The number of benzene rings is 1. The standard InChI is InChI=1S/C10H10F2N2O/c11-8-3-2-7(6-9(8)12)14-5-1-4-13-10(14)15/h2-3,6H,1,4-5H2,(H,13,15). The highest BCUT2D eigenvalue weighted by atomic mass is 19.2. The fourth-order valence-electron chi connectivity index (χ4n) is 1.53. The molecule has 0 radical (unpaired) electrons. The van der Waals surface area contributed by atoms with Crippen molar-refractivity contribution in [3.63, 3.8) is 0 Å². The minimum Gasteiger partial charge on any atom is -0.338 e. The van der Waals surface area contributed by atoms with Crippen LogP contribution in [0.15, 0.2) is 18.2 Å². The zero-order chi connectivity index (χ0) is 10.8. The lowest BCUT2D eigenvalue weighted by Gasteiger charge is -2.27. The molecule has 15 heavy (non-hydrogen) atoms. The molecule has 0 atom stereocenters. The van der Waals surface area contributed by atoms with Gasteiger partial charge in [-0.2, -0.15) is 0 Å². The molecule has 1 aromatic rings. The van der Waals surface area contributed by atoms with E-state index >= 15 is 0 Å². The number of carbonyl (C=O) groups is 1. The predicted molar refractivity (Wildman–Crippen MR) is 51.7 cm³/mol. The highest BCUT2D eigenvalue weighted by molar-refractivity contribution is 5.92. The maximum Gasteiger partial charge on any atom is 0.321 e. The molecule has 0 unspecified atom stereocenters. The smallest absolute Gasteiger partial charge is 0.321 e. The van der Waals surface area contributed by atoms with Crippen molar-refractivity contribution in [2.45, 2.75) is 6.42 Å². The van der Waals surface area contributed by atoms with Gasteiger partial charge in [-0.15, -0.1) is 0 Å². The van der Waals surface area contributed by atoms with Crippen molar-refractivity contribution in [2.75, 3.05) is 18.0 Å². The van der Waals surface area contributed by atoms with Gasteiger partial charge in [-0.25, -0.2) is 13.6 Å². The van der Waals surface area contributed by atoms with Crippen LogP contribution in [0.4, 0.5) is 19.3 Å². The van der Waals surface area contributed by atoms with E-state index in [-0.39, 0.29) is 6.03 Å². The predicted octanol–water partition coefficient (Wildman–Crippen LogP) is 1.88. The molecule has 2 amide bonds. The summed E-state index contributed by atoms with van der Waals surface area (Å²) in [5.41, 5.74) is 0.381. The molecule has 0 aromatic heterocycles. The number of hydrogen-bond acceptors (Lipinski definition) is 1. The molecule has 1 aromatic carbocycles. The third-order valence-corrected chi connectivity index (χ3v) is 2.29. The first-order valence-electron chi connectivity index (χ1n) is 4.69. The fourth-order valence-corrected chi connectivity index (χ4v) is 1.53. The second-order valence-electron chi connectivity index (χ2n) is 3.34. The first-order chi connectivity index (χ1) is 7.18. The van der Waals surface area contributed by atoms with Crippen LogP contribution in [0.25, 0.3) is 0 Å². The zero-order valence-electron chi connectivity index (χ0n) is 7.96. The van der Waals surface area contributed by atoms with Crippen LogP contribution in [0.3, 0.4) is 0 Å². The summed E-state index contributed by atoms with van der Waals surface area (Å²) < 4.78 is 25.6. The molecule has 0 bridgehead atoms. The number of rotatable bonds is 1. The van der Waals surface area contributed by atoms with E-state index in [1.807, 2.05) is 0 Å². The molecule has 80 valence electrons. The minimum absolute atomic E-state index is 0.271. The molecule has 1 N–H and O–H groups in total. The summed E-state index contributed by atoms with van der Waals surface area (Å²) in [6.45, 7) is 1.15. The molecule has 1 aliphatic rings. The lowest BCUT2D eigenvalue weighted by molar-refractivity contribution is 0.243. The highest BCUT2D eigenvalue weighted by Crippen LogP contribution is 2.19. The number of halogens is 2. The van der Waals surface area contributed by atoms with Gasteiger partial charge in [0.2, 0.25) is 0 Å². The van der Waals surface area contributed by atoms with Crippen LogP contribution in [0, 0.1) is 11.6 Å². The number of nitrogens with one attached hydrogen (secondary N) is 1. The average Bonchev–Trinajstić information content (AvgIpc) is 2.23. The van der Waals surface area contributed by atoms with Crippen LogP contribution >= 0.6 is 0 Å². The van der Waals surface area contributed by atoms with Gasteiger partial charge in [0.1, 0.15) is 0 Å². The van der Waals surface area contributed by atoms with Gasteiger partial charge in [0.15, 0.2) is 11.6 Å². The van der Waals surface area contributed by atoms with Crippen LogP contribution in [0.1, 0.15) is 6.42 Å². The van der Waals surface area contributed by atoms with Crippen molar-refractivity contribution < 1.29 is 13.6 Å². The number of carbonyl (C=O) groups excluding carboxylic acids is 1. The number of urea groups is 1. The van der Waals surface area contributed by atoms with E-state index in [9.17, 15) is 13.6 Å². The summed E-state index contributed by atoms with van der Waals surface area (Å²) in [5, 5.41) is 2.64. The van der Waals surface area contributed by atoms with Crippen LogP contribution in [0.2, 0.25) is 0 Å². The van der Waals surface area contributed by atoms with Gasteiger partial charge in [-0.05, 0) is 18.6 Å². The second-order valence-corrected chi connectivity index (χ2v) is 3.34. The first kappa shape index (κ1) is 9.89. The van der Waals surface area contributed by atoms with Crippen molar-refractivity contribution in [3.05, 3.63) is 29.8 Å². The molecule has 0 spiro atoms. The SMILES string of the molecule is O=C1NCCCN1c1ccc(F)c(F)c1. The van der Waals surface area contributed by atoms with Crippen molar-refractivity contribution in [3.8, 4) is 0 Å². The Morgan fingerprint density at radius 1 is 1.27 bits per heavy atom. The monoisotopic (exact) mass is 212 g/mol. The molecule has 1 heterocycles. The van der Waals surface area contributed by atoms with Crippen molar-refractivity contribution in [2.24, 2.45) is 0 Å². The van der Waals surface area contributed by atoms with Gasteiger partial charge in [-0.1, -0.05) is 0 Å². The Hall–Kier alpha value is -1.65. The van der Waals surface area contributed by atoms with Crippen molar-refractivity contribution in [1.29, 1.82) is 0 Å². The highest BCUT2D eigenvalue weighted by Gasteiger charge is 2.19. The maximum absolute atomic E-state index is 12.9. The number of hydrogen-bond donors (Lipinski definition) is 1. The maximum atomic E-state index is 12.9. The van der Waals surface area contributed by atoms with Crippen LogP contribution in [-0.2, 0) is 0 Å². The van der Waals surface area contributed by atoms with E-state index < -0.39 is 11.6 Å². The number of amides is 2. The third-order valence-electron chi connectivity index (χ3n) is 2.29. The number of anilines is 1. The van der Waals surface area contributed by atoms with E-state index in [0.29, 0.717) is 18.8 Å². The van der Waals surface area contributed by atoms with Gasteiger partial charge < -0.3 is 5.32 Å². The summed E-state index contributed by atoms with van der Waals surface area (Å²) in [7, 11) is 0. The minimum atomic E-state index is -0.939. The van der Waals surface area contributed by atoms with Gasteiger partial charge >= 0.3 is 6.03 Å². The molecule has 3 nitrogen and oxygen atoms in total. The number of nitrogens with zero attached hydrogens (tertiary/aromatic N) is 1. The summed E-state index contributed by atoms with van der Waals surface area (Å²) in [4.78, 5) is 12.8. The van der Waals surface area contributed by atoms with Gasteiger partial charge in [0.05, 0.1) is 0 Å². The van der Waals surface area contributed by atoms with Crippen LogP contribution < -0.4 is 10.2 Å². The molecule has 1 fully saturated rings. The van der Waals surface area contributed by atoms with Crippen LogP contribution in [0.5, 0.6) is 0 Å². The van der Waals surface area contributed by atoms with Gasteiger partial charge in [0, 0.05) is 24.8 Å². The van der Waals surface area contributed by atoms with Crippen LogP contribution in [-0.4, -0.2) is 19.1 Å². The van der Waals surface area contributed by atoms with E-state index in [2.05, 4.69) is 5.32 Å². The Balaban J connectivity index is 2.28. The Labute approximate surface area is 85.7 Å². The normalized spacial score (nSPS) is 16.4. The van der Waals surface area contributed by atoms with Gasteiger partial charge in [-0.3, -0.25) is 4.90 Å². The van der Waals surface area contributed by atoms with E-state index in [0.717, 1.165) is 18.6 Å². The molecule has 0 saturated carbocycles. The van der Waals surface area contributed by atoms with Crippen molar-refractivity contribution in [1.82, 2.24) is 5.32 Å². The van der Waals surface area contributed by atoms with E-state index in [4.69, 9.17) is 0 Å². The quantitative estimate of drug-likeness (QED) is 0.757. The zero-order valence-corrected chi connectivity index (χ0v) is 7.96.